The second-order valence-electron chi connectivity index (χ2n) is 7.10. The van der Waals surface area contributed by atoms with E-state index in [0.29, 0.717) is 5.11 Å². The molecule has 4 N–H and O–H groups in total. The molecule has 0 atom stereocenters. The van der Waals surface area contributed by atoms with E-state index in [1.807, 2.05) is 4.90 Å². The minimum atomic E-state index is 0.0956. The van der Waals surface area contributed by atoms with Gasteiger partial charge in [-0.1, -0.05) is 27.7 Å². The van der Waals surface area contributed by atoms with Gasteiger partial charge in [-0.05, 0) is 48.7 Å². The monoisotopic (exact) mass is 304 g/mol. The van der Waals surface area contributed by atoms with E-state index in [-0.39, 0.29) is 24.0 Å². The van der Waals surface area contributed by atoms with Crippen LogP contribution in [0.4, 0.5) is 0 Å². The summed E-state index contributed by atoms with van der Waals surface area (Å²) >= 11 is 5.13. The van der Waals surface area contributed by atoms with Crippen molar-refractivity contribution in [3.05, 3.63) is 0 Å². The van der Waals surface area contributed by atoms with E-state index < -0.39 is 0 Å². The van der Waals surface area contributed by atoms with E-state index in [4.69, 9.17) is 28.2 Å². The first kappa shape index (κ1) is 19.6. The van der Waals surface area contributed by atoms with Crippen LogP contribution < -0.4 is 5.73 Å². The first-order valence-corrected chi connectivity index (χ1v) is 7.80. The Bertz CT molecular complexity index is 272. The van der Waals surface area contributed by atoms with Crippen LogP contribution in [0.2, 0.25) is 0 Å². The maximum Gasteiger partial charge on any atom is 0.166 e. The fraction of sp³-hybridized carbons (Fsp3) is 0.933. The molecule has 0 aliphatic rings. The summed E-state index contributed by atoms with van der Waals surface area (Å²) in [6.45, 7) is 10.7. The van der Waals surface area contributed by atoms with Crippen LogP contribution in [0.3, 0.4) is 0 Å². The number of thiocarbonyl (C=S) groups is 1. The van der Waals surface area contributed by atoms with Gasteiger partial charge in [-0.25, -0.2) is 0 Å². The summed E-state index contributed by atoms with van der Waals surface area (Å²) in [5.74, 6) is 0. The van der Waals surface area contributed by atoms with E-state index in [0.717, 1.165) is 38.8 Å². The third-order valence-electron chi connectivity index (χ3n) is 4.01. The third kappa shape index (κ3) is 8.72. The normalized spacial score (nSPS) is 12.5. The van der Waals surface area contributed by atoms with Crippen LogP contribution in [0.25, 0.3) is 0 Å². The molecule has 0 fully saturated rings. The highest BCUT2D eigenvalue weighted by atomic mass is 32.1. The Kier molecular flexibility index (Phi) is 8.63. The number of nitrogens with two attached hydrogens (primary N) is 1. The van der Waals surface area contributed by atoms with Crippen LogP contribution in [-0.4, -0.2) is 46.5 Å². The summed E-state index contributed by atoms with van der Waals surface area (Å²) < 4.78 is 0. The highest BCUT2D eigenvalue weighted by Crippen LogP contribution is 2.27. The summed E-state index contributed by atoms with van der Waals surface area (Å²) in [4.78, 5) is 2.04. The topological polar surface area (TPSA) is 69.7 Å². The van der Waals surface area contributed by atoms with Crippen molar-refractivity contribution >= 4 is 17.3 Å². The molecule has 0 bridgehead atoms. The SMILES string of the molecule is CC(C)(CCO)CCN(CCC(C)(C)CCO)C(N)=S. The van der Waals surface area contributed by atoms with E-state index in [1.165, 1.54) is 0 Å². The van der Waals surface area contributed by atoms with Crippen molar-refractivity contribution in [3.8, 4) is 0 Å². The molecule has 120 valence electrons. The average molecular weight is 304 g/mol. The first-order valence-electron chi connectivity index (χ1n) is 7.40. The maximum absolute atomic E-state index is 9.06. The van der Waals surface area contributed by atoms with E-state index in [9.17, 15) is 0 Å². The standard InChI is InChI=1S/C15H32N2O2S/c1-14(2,7-11-18)5-9-17(13(16)20)10-6-15(3,4)8-12-19/h18-19H,5-12H2,1-4H3,(H2,16,20). The second-order valence-corrected chi connectivity index (χ2v) is 7.52. The molecule has 0 unspecified atom stereocenters. The summed E-state index contributed by atoms with van der Waals surface area (Å²) in [6, 6.07) is 0. The van der Waals surface area contributed by atoms with Gasteiger partial charge in [0.25, 0.3) is 0 Å². The molecule has 0 aromatic carbocycles. The van der Waals surface area contributed by atoms with Crippen LogP contribution in [-0.2, 0) is 0 Å². The molecule has 0 radical (unpaired) electrons. The van der Waals surface area contributed by atoms with Gasteiger partial charge in [-0.15, -0.1) is 0 Å². The van der Waals surface area contributed by atoms with Crippen molar-refractivity contribution in [1.82, 2.24) is 4.90 Å². The van der Waals surface area contributed by atoms with Gasteiger partial charge in [0, 0.05) is 26.3 Å². The van der Waals surface area contributed by atoms with Gasteiger partial charge in [-0.2, -0.15) is 0 Å². The maximum atomic E-state index is 9.06. The van der Waals surface area contributed by atoms with Crippen molar-refractivity contribution in [1.29, 1.82) is 0 Å². The fourth-order valence-corrected chi connectivity index (χ4v) is 2.25. The summed E-state index contributed by atoms with van der Waals surface area (Å²) in [5, 5.41) is 18.6. The predicted octanol–water partition coefficient (Wildman–Crippen LogP) is 2.13. The van der Waals surface area contributed by atoms with E-state index >= 15 is 0 Å². The smallest absolute Gasteiger partial charge is 0.166 e. The van der Waals surface area contributed by atoms with Crippen molar-refractivity contribution in [2.45, 2.75) is 53.4 Å². The van der Waals surface area contributed by atoms with Crippen molar-refractivity contribution in [2.75, 3.05) is 26.3 Å². The molecule has 4 nitrogen and oxygen atoms in total. The molecule has 0 saturated carbocycles. The largest absolute Gasteiger partial charge is 0.396 e. The Morgan fingerprint density at radius 1 is 0.900 bits per heavy atom. The molecule has 0 aromatic rings. The number of rotatable bonds is 10. The zero-order valence-electron chi connectivity index (χ0n) is 13.5. The van der Waals surface area contributed by atoms with Crippen molar-refractivity contribution in [2.24, 2.45) is 16.6 Å². The van der Waals surface area contributed by atoms with Gasteiger partial charge >= 0.3 is 0 Å². The minimum absolute atomic E-state index is 0.0956. The summed E-state index contributed by atoms with van der Waals surface area (Å²) in [5.41, 5.74) is 5.99. The summed E-state index contributed by atoms with van der Waals surface area (Å²) in [7, 11) is 0. The number of aliphatic hydroxyl groups is 2. The Morgan fingerprint density at radius 3 is 1.50 bits per heavy atom. The minimum Gasteiger partial charge on any atom is -0.396 e. The Balaban J connectivity index is 4.35. The van der Waals surface area contributed by atoms with Crippen LogP contribution in [0.15, 0.2) is 0 Å². The van der Waals surface area contributed by atoms with Crippen molar-refractivity contribution in [3.63, 3.8) is 0 Å². The van der Waals surface area contributed by atoms with Crippen LogP contribution >= 0.6 is 12.2 Å². The van der Waals surface area contributed by atoms with Gasteiger partial charge in [-0.3, -0.25) is 0 Å². The second kappa shape index (κ2) is 8.80. The Labute approximate surface area is 129 Å². The molecule has 0 saturated heterocycles. The van der Waals surface area contributed by atoms with Crippen LogP contribution in [0, 0.1) is 10.8 Å². The lowest BCUT2D eigenvalue weighted by atomic mass is 9.85. The molecule has 0 amide bonds. The molecule has 0 aliphatic carbocycles. The van der Waals surface area contributed by atoms with Gasteiger partial charge in [0.2, 0.25) is 0 Å². The molecule has 0 aliphatic heterocycles. The highest BCUT2D eigenvalue weighted by Gasteiger charge is 2.22. The molecule has 0 rings (SSSR count). The molecule has 0 aromatic heterocycles. The molecule has 5 heteroatoms. The van der Waals surface area contributed by atoms with E-state index in [2.05, 4.69) is 27.7 Å². The van der Waals surface area contributed by atoms with Gasteiger partial charge in [0.15, 0.2) is 5.11 Å². The molecular weight excluding hydrogens is 272 g/mol. The van der Waals surface area contributed by atoms with E-state index in [1.54, 1.807) is 0 Å². The lowest BCUT2D eigenvalue weighted by Gasteiger charge is -2.32. The lowest BCUT2D eigenvalue weighted by molar-refractivity contribution is 0.175. The Morgan fingerprint density at radius 2 is 1.25 bits per heavy atom. The molecular formula is C15H32N2O2S. The number of hydrogen-bond acceptors (Lipinski definition) is 3. The molecule has 20 heavy (non-hydrogen) atoms. The zero-order valence-corrected chi connectivity index (χ0v) is 14.3. The highest BCUT2D eigenvalue weighted by molar-refractivity contribution is 7.80. The first-order chi connectivity index (χ1) is 9.13. The van der Waals surface area contributed by atoms with Gasteiger partial charge in [0.1, 0.15) is 0 Å². The zero-order chi connectivity index (χ0) is 15.8. The number of aliphatic hydroxyl groups excluding tert-OH is 2. The fourth-order valence-electron chi connectivity index (χ4n) is 2.06. The predicted molar refractivity (Wildman–Crippen MR) is 88.6 cm³/mol. The van der Waals surface area contributed by atoms with Gasteiger partial charge in [0.05, 0.1) is 0 Å². The molecule has 0 heterocycles. The average Bonchev–Trinajstić information content (AvgIpc) is 2.27. The summed E-state index contributed by atoms with van der Waals surface area (Å²) in [6.07, 6.45) is 3.47. The third-order valence-corrected chi connectivity index (χ3v) is 4.26. The Hall–Kier alpha value is -0.390. The van der Waals surface area contributed by atoms with Crippen LogP contribution in [0.1, 0.15) is 53.4 Å². The number of nitrogens with zero attached hydrogens (tertiary/aromatic N) is 1. The van der Waals surface area contributed by atoms with Crippen molar-refractivity contribution < 1.29 is 10.2 Å². The molecule has 0 spiro atoms. The van der Waals surface area contributed by atoms with Gasteiger partial charge < -0.3 is 20.8 Å². The lowest BCUT2D eigenvalue weighted by Crippen LogP contribution is -2.40. The number of hydrogen-bond donors (Lipinski definition) is 3. The van der Waals surface area contributed by atoms with Crippen LogP contribution in [0.5, 0.6) is 0 Å². The quantitative estimate of drug-likeness (QED) is 0.539.